The normalized spacial score (nSPS) is 11.8. The number of aromatic nitrogens is 2. The van der Waals surface area contributed by atoms with Gasteiger partial charge in [0.05, 0.1) is 30.0 Å². The molecule has 2 N–H and O–H groups in total. The molecule has 0 aliphatic carbocycles. The van der Waals surface area contributed by atoms with E-state index in [2.05, 4.69) is 25.5 Å². The molecule has 6 nitrogen and oxygen atoms in total. The van der Waals surface area contributed by atoms with E-state index in [1.54, 1.807) is 13.3 Å². The molecule has 0 fully saturated rings. The van der Waals surface area contributed by atoms with E-state index in [9.17, 15) is 0 Å². The number of nitrogens with zero attached hydrogens (tertiary/aromatic N) is 3. The quantitative estimate of drug-likeness (QED) is 0.313. The number of H-pyrrole nitrogens is 1. The van der Waals surface area contributed by atoms with Gasteiger partial charge in [0.15, 0.2) is 11.7 Å². The highest BCUT2D eigenvalue weighted by Gasteiger charge is 2.09. The summed E-state index contributed by atoms with van der Waals surface area (Å²) in [5.41, 5.74) is 6.49. The zero-order chi connectivity index (χ0) is 19.2. The monoisotopic (exact) mass is 369 g/mol. The SMILES string of the molecule is COc1ccccc1C=NNC(=Nc1ccccc1)c1nc2ccccc2[nH]1. The van der Waals surface area contributed by atoms with Crippen molar-refractivity contribution in [2.45, 2.75) is 0 Å². The minimum Gasteiger partial charge on any atom is -0.496 e. The summed E-state index contributed by atoms with van der Waals surface area (Å²) in [5, 5.41) is 4.35. The number of para-hydroxylation sites is 4. The standard InChI is InChI=1S/C22H19N5O/c1-28-20-14-8-5-9-16(20)15-23-27-22(24-17-10-3-2-4-11-17)21-25-18-12-6-7-13-19(18)26-21/h2-15H,1H3,(H,24,27)(H,25,26). The van der Waals surface area contributed by atoms with Crippen LogP contribution in [0.2, 0.25) is 0 Å². The van der Waals surface area contributed by atoms with Crippen LogP contribution in [0.1, 0.15) is 11.4 Å². The molecule has 0 amide bonds. The average Bonchev–Trinajstić information content (AvgIpc) is 3.18. The van der Waals surface area contributed by atoms with E-state index >= 15 is 0 Å². The summed E-state index contributed by atoms with van der Waals surface area (Å²) in [7, 11) is 1.64. The predicted octanol–water partition coefficient (Wildman–Crippen LogP) is 4.27. The topological polar surface area (TPSA) is 74.7 Å². The Morgan fingerprint density at radius 3 is 2.54 bits per heavy atom. The maximum Gasteiger partial charge on any atom is 0.190 e. The zero-order valence-corrected chi connectivity index (χ0v) is 15.3. The summed E-state index contributed by atoms with van der Waals surface area (Å²) in [6.07, 6.45) is 1.70. The minimum atomic E-state index is 0.522. The molecule has 1 aromatic heterocycles. The molecule has 0 aliphatic rings. The number of nitrogens with one attached hydrogen (secondary N) is 2. The Morgan fingerprint density at radius 1 is 0.964 bits per heavy atom. The molecular weight excluding hydrogens is 350 g/mol. The largest absolute Gasteiger partial charge is 0.496 e. The summed E-state index contributed by atoms with van der Waals surface area (Å²) in [6.45, 7) is 0. The first kappa shape index (κ1) is 17.5. The molecule has 4 rings (SSSR count). The van der Waals surface area contributed by atoms with Crippen molar-refractivity contribution < 1.29 is 4.74 Å². The van der Waals surface area contributed by atoms with Crippen LogP contribution in [0, 0.1) is 0 Å². The van der Waals surface area contributed by atoms with E-state index in [4.69, 9.17) is 4.74 Å². The van der Waals surface area contributed by atoms with Crippen LogP contribution >= 0.6 is 0 Å². The minimum absolute atomic E-state index is 0.522. The lowest BCUT2D eigenvalue weighted by molar-refractivity contribution is 0.414. The van der Waals surface area contributed by atoms with Crippen molar-refractivity contribution in [3.63, 3.8) is 0 Å². The predicted molar refractivity (Wildman–Crippen MR) is 112 cm³/mol. The third-order valence-electron chi connectivity index (χ3n) is 4.12. The number of amidine groups is 1. The van der Waals surface area contributed by atoms with E-state index in [-0.39, 0.29) is 0 Å². The number of methoxy groups -OCH3 is 1. The fraction of sp³-hybridized carbons (Fsp3) is 0.0455. The number of fused-ring (bicyclic) bond motifs is 1. The molecule has 0 saturated carbocycles. The van der Waals surface area contributed by atoms with Crippen molar-refractivity contribution in [1.82, 2.24) is 15.4 Å². The molecule has 0 radical (unpaired) electrons. The van der Waals surface area contributed by atoms with Crippen molar-refractivity contribution in [3.8, 4) is 5.75 Å². The summed E-state index contributed by atoms with van der Waals surface area (Å²) in [5.74, 6) is 1.88. The lowest BCUT2D eigenvalue weighted by atomic mass is 10.2. The average molecular weight is 369 g/mol. The molecule has 0 bridgehead atoms. The van der Waals surface area contributed by atoms with Gasteiger partial charge in [-0.15, -0.1) is 0 Å². The molecule has 28 heavy (non-hydrogen) atoms. The van der Waals surface area contributed by atoms with Crippen molar-refractivity contribution in [3.05, 3.63) is 90.3 Å². The number of benzene rings is 3. The van der Waals surface area contributed by atoms with Crippen LogP contribution < -0.4 is 10.2 Å². The summed E-state index contributed by atoms with van der Waals surface area (Å²) < 4.78 is 5.36. The fourth-order valence-corrected chi connectivity index (χ4v) is 2.76. The van der Waals surface area contributed by atoms with E-state index in [1.165, 1.54) is 0 Å². The molecule has 0 unspecified atom stereocenters. The number of aliphatic imine (C=N–C) groups is 1. The number of imidazole rings is 1. The molecule has 3 aromatic carbocycles. The third-order valence-corrected chi connectivity index (χ3v) is 4.12. The highest BCUT2D eigenvalue weighted by molar-refractivity contribution is 6.00. The number of hydrogen-bond donors (Lipinski definition) is 2. The number of rotatable bonds is 5. The number of hydrazone groups is 1. The fourth-order valence-electron chi connectivity index (χ4n) is 2.76. The molecule has 0 aliphatic heterocycles. The van der Waals surface area contributed by atoms with Gasteiger partial charge in [-0.3, -0.25) is 5.43 Å². The molecule has 0 atom stereocenters. The first-order valence-electron chi connectivity index (χ1n) is 8.84. The second kappa shape index (κ2) is 8.18. The lowest BCUT2D eigenvalue weighted by Gasteiger charge is -2.05. The Hall–Kier alpha value is -3.93. The van der Waals surface area contributed by atoms with Gasteiger partial charge >= 0.3 is 0 Å². The highest BCUT2D eigenvalue weighted by Crippen LogP contribution is 2.16. The Balaban J connectivity index is 1.67. The van der Waals surface area contributed by atoms with E-state index in [1.807, 2.05) is 78.9 Å². The van der Waals surface area contributed by atoms with Gasteiger partial charge in [0.25, 0.3) is 0 Å². The Bertz CT molecular complexity index is 1100. The number of hydrogen-bond acceptors (Lipinski definition) is 4. The van der Waals surface area contributed by atoms with Crippen LogP contribution in [-0.4, -0.2) is 29.1 Å². The zero-order valence-electron chi connectivity index (χ0n) is 15.3. The van der Waals surface area contributed by atoms with Crippen molar-refractivity contribution in [2.75, 3.05) is 7.11 Å². The van der Waals surface area contributed by atoms with Crippen molar-refractivity contribution in [1.29, 1.82) is 0 Å². The van der Waals surface area contributed by atoms with E-state index in [0.29, 0.717) is 11.7 Å². The van der Waals surface area contributed by atoms with Gasteiger partial charge in [0, 0.05) is 5.56 Å². The number of aromatic amines is 1. The molecule has 0 saturated heterocycles. The summed E-state index contributed by atoms with van der Waals surface area (Å²) >= 11 is 0. The molecule has 6 heteroatoms. The Kier molecular flexibility index (Phi) is 5.11. The van der Waals surface area contributed by atoms with E-state index < -0.39 is 0 Å². The summed E-state index contributed by atoms with van der Waals surface area (Å²) in [6, 6.07) is 25.2. The van der Waals surface area contributed by atoms with Gasteiger partial charge < -0.3 is 9.72 Å². The molecule has 0 spiro atoms. The van der Waals surface area contributed by atoms with Crippen molar-refractivity contribution >= 4 is 28.8 Å². The molecule has 4 aromatic rings. The van der Waals surface area contributed by atoms with Crippen LogP contribution in [0.25, 0.3) is 11.0 Å². The van der Waals surface area contributed by atoms with Gasteiger partial charge in [0.2, 0.25) is 0 Å². The highest BCUT2D eigenvalue weighted by atomic mass is 16.5. The van der Waals surface area contributed by atoms with Crippen LogP contribution in [0.15, 0.2) is 89.0 Å². The Labute approximate surface area is 162 Å². The second-order valence-electron chi connectivity index (χ2n) is 6.01. The number of ether oxygens (including phenoxy) is 1. The smallest absolute Gasteiger partial charge is 0.190 e. The van der Waals surface area contributed by atoms with Gasteiger partial charge in [-0.25, -0.2) is 9.98 Å². The summed E-state index contributed by atoms with van der Waals surface area (Å²) in [4.78, 5) is 12.6. The first-order chi connectivity index (χ1) is 13.8. The molecule has 1 heterocycles. The maximum atomic E-state index is 5.36. The van der Waals surface area contributed by atoms with Crippen LogP contribution in [0.3, 0.4) is 0 Å². The van der Waals surface area contributed by atoms with Crippen LogP contribution in [0.5, 0.6) is 5.75 Å². The van der Waals surface area contributed by atoms with Gasteiger partial charge in [0.1, 0.15) is 5.75 Å². The second-order valence-corrected chi connectivity index (χ2v) is 6.01. The molecular formula is C22H19N5O. The van der Waals surface area contributed by atoms with Crippen molar-refractivity contribution in [2.24, 2.45) is 10.1 Å². The van der Waals surface area contributed by atoms with Gasteiger partial charge in [-0.05, 0) is 36.4 Å². The lowest BCUT2D eigenvalue weighted by Crippen LogP contribution is -2.20. The van der Waals surface area contributed by atoms with Gasteiger partial charge in [-0.1, -0.05) is 42.5 Å². The maximum absolute atomic E-state index is 5.36. The third kappa shape index (κ3) is 3.91. The Morgan fingerprint density at radius 2 is 1.71 bits per heavy atom. The van der Waals surface area contributed by atoms with Crippen LogP contribution in [-0.2, 0) is 0 Å². The molecule has 138 valence electrons. The van der Waals surface area contributed by atoms with Gasteiger partial charge in [-0.2, -0.15) is 5.10 Å². The first-order valence-corrected chi connectivity index (χ1v) is 8.84. The van der Waals surface area contributed by atoms with E-state index in [0.717, 1.165) is 28.0 Å². The van der Waals surface area contributed by atoms with Crippen LogP contribution in [0.4, 0.5) is 5.69 Å².